The molecule has 1 aromatic heterocycles. The molecule has 21 heavy (non-hydrogen) atoms. The molecule has 1 amide bonds. The zero-order chi connectivity index (χ0) is 15.3. The van der Waals surface area contributed by atoms with E-state index in [1.165, 1.54) is 25.2 Å². The number of nitrogens with one attached hydrogen (secondary N) is 2. The van der Waals surface area contributed by atoms with Crippen LogP contribution < -0.4 is 10.0 Å². The van der Waals surface area contributed by atoms with E-state index in [1.54, 1.807) is 30.6 Å². The normalized spacial score (nSPS) is 11.1. The highest BCUT2D eigenvalue weighted by Crippen LogP contribution is 2.12. The minimum absolute atomic E-state index is 0.0486. The van der Waals surface area contributed by atoms with Crippen molar-refractivity contribution in [1.82, 2.24) is 15.0 Å². The van der Waals surface area contributed by atoms with Crippen LogP contribution in [0, 0.1) is 0 Å². The summed E-state index contributed by atoms with van der Waals surface area (Å²) in [7, 11) is -2.19. The molecule has 0 unspecified atom stereocenters. The number of aromatic nitrogens is 1. The van der Waals surface area contributed by atoms with E-state index in [4.69, 9.17) is 0 Å². The fraction of sp³-hybridized carbons (Fsp3) is 0.143. The summed E-state index contributed by atoms with van der Waals surface area (Å²) >= 11 is 0. The first-order valence-corrected chi connectivity index (χ1v) is 7.72. The van der Waals surface area contributed by atoms with E-state index in [1.807, 2.05) is 0 Å². The van der Waals surface area contributed by atoms with Crippen LogP contribution in [-0.2, 0) is 16.6 Å². The molecule has 0 bridgehead atoms. The second-order valence-corrected chi connectivity index (χ2v) is 6.06. The predicted octanol–water partition coefficient (Wildman–Crippen LogP) is 0.920. The number of amides is 1. The molecule has 2 rings (SSSR count). The van der Waals surface area contributed by atoms with E-state index in [9.17, 15) is 13.2 Å². The minimum atomic E-state index is -3.68. The lowest BCUT2D eigenvalue weighted by Crippen LogP contribution is -2.24. The van der Waals surface area contributed by atoms with Crippen molar-refractivity contribution in [2.24, 2.45) is 0 Å². The molecule has 0 aliphatic carbocycles. The summed E-state index contributed by atoms with van der Waals surface area (Å²) in [6.45, 7) is 0.139. The van der Waals surface area contributed by atoms with Crippen molar-refractivity contribution < 1.29 is 13.2 Å². The Kier molecular flexibility index (Phi) is 4.66. The van der Waals surface area contributed by atoms with Crippen LogP contribution >= 0.6 is 0 Å². The molecule has 0 spiro atoms. The van der Waals surface area contributed by atoms with Crippen molar-refractivity contribution in [3.05, 3.63) is 59.9 Å². The number of rotatable bonds is 5. The largest absolute Gasteiger partial charge is 0.355 e. The molecule has 0 aliphatic heterocycles. The molecule has 0 fully saturated rings. The maximum Gasteiger partial charge on any atom is 0.251 e. The van der Waals surface area contributed by atoms with Gasteiger partial charge in [0.25, 0.3) is 5.91 Å². The monoisotopic (exact) mass is 305 g/mol. The van der Waals surface area contributed by atoms with Gasteiger partial charge in [-0.3, -0.25) is 9.78 Å². The third-order valence-electron chi connectivity index (χ3n) is 2.82. The zero-order valence-electron chi connectivity index (χ0n) is 11.4. The number of carbonyl (C=O) groups is 1. The van der Waals surface area contributed by atoms with Crippen LogP contribution in [0.15, 0.2) is 53.7 Å². The summed E-state index contributed by atoms with van der Waals surface area (Å²) in [4.78, 5) is 15.5. The molecule has 1 heterocycles. The Bertz CT molecular complexity index is 730. The fourth-order valence-electron chi connectivity index (χ4n) is 1.71. The van der Waals surface area contributed by atoms with Crippen molar-refractivity contribution in [3.63, 3.8) is 0 Å². The third-order valence-corrected chi connectivity index (χ3v) is 4.22. The number of carbonyl (C=O) groups excluding carboxylic acids is 1. The quantitative estimate of drug-likeness (QED) is 0.860. The van der Waals surface area contributed by atoms with E-state index in [0.717, 1.165) is 5.56 Å². The molecule has 0 saturated heterocycles. The minimum Gasteiger partial charge on any atom is -0.355 e. The van der Waals surface area contributed by atoms with Crippen molar-refractivity contribution in [3.8, 4) is 0 Å². The lowest BCUT2D eigenvalue weighted by Gasteiger charge is -2.08. The fourth-order valence-corrected chi connectivity index (χ4v) is 2.78. The van der Waals surface area contributed by atoms with Gasteiger partial charge in [-0.15, -0.1) is 0 Å². The van der Waals surface area contributed by atoms with Gasteiger partial charge in [0.2, 0.25) is 10.0 Å². The molecule has 0 radical (unpaired) electrons. The van der Waals surface area contributed by atoms with Crippen LogP contribution in [0.5, 0.6) is 0 Å². The molecule has 6 nitrogen and oxygen atoms in total. The second-order valence-electron chi connectivity index (χ2n) is 4.29. The highest BCUT2D eigenvalue weighted by atomic mass is 32.2. The van der Waals surface area contributed by atoms with Crippen molar-refractivity contribution >= 4 is 15.9 Å². The van der Waals surface area contributed by atoms with Gasteiger partial charge in [0.15, 0.2) is 0 Å². The molecule has 2 N–H and O–H groups in total. The molecule has 1 aromatic carbocycles. The van der Waals surface area contributed by atoms with E-state index >= 15 is 0 Å². The highest BCUT2D eigenvalue weighted by Gasteiger charge is 2.15. The third kappa shape index (κ3) is 3.87. The highest BCUT2D eigenvalue weighted by molar-refractivity contribution is 7.89. The number of hydrogen-bond donors (Lipinski definition) is 2. The Balaban J connectivity index is 2.18. The average Bonchev–Trinajstić information content (AvgIpc) is 2.53. The Morgan fingerprint density at radius 2 is 2.05 bits per heavy atom. The van der Waals surface area contributed by atoms with Gasteiger partial charge in [-0.25, -0.2) is 13.1 Å². The van der Waals surface area contributed by atoms with Gasteiger partial charge < -0.3 is 5.32 Å². The first kappa shape index (κ1) is 15.1. The Morgan fingerprint density at radius 1 is 1.24 bits per heavy atom. The lowest BCUT2D eigenvalue weighted by atomic mass is 10.2. The lowest BCUT2D eigenvalue weighted by molar-refractivity contribution is 0.0963. The van der Waals surface area contributed by atoms with Gasteiger partial charge in [0.1, 0.15) is 0 Å². The second kappa shape index (κ2) is 6.47. The summed E-state index contributed by atoms with van der Waals surface area (Å²) < 4.78 is 26.9. The number of hydrogen-bond acceptors (Lipinski definition) is 4. The van der Waals surface area contributed by atoms with E-state index in [0.29, 0.717) is 5.56 Å². The van der Waals surface area contributed by atoms with Crippen LogP contribution in [0.3, 0.4) is 0 Å². The van der Waals surface area contributed by atoms with Crippen molar-refractivity contribution in [2.45, 2.75) is 11.4 Å². The number of benzene rings is 1. The first-order valence-electron chi connectivity index (χ1n) is 6.23. The zero-order valence-corrected chi connectivity index (χ0v) is 12.2. The van der Waals surface area contributed by atoms with Crippen molar-refractivity contribution in [2.75, 3.05) is 7.05 Å². The molecule has 0 atom stereocenters. The summed E-state index contributed by atoms with van der Waals surface area (Å²) in [6.07, 6.45) is 3.20. The average molecular weight is 305 g/mol. The van der Waals surface area contributed by atoms with Crippen LogP contribution in [0.4, 0.5) is 0 Å². The maximum absolute atomic E-state index is 12.2. The summed E-state index contributed by atoms with van der Waals surface area (Å²) in [5, 5.41) is 2.46. The summed E-state index contributed by atoms with van der Waals surface area (Å²) in [6, 6.07) is 9.37. The molecule has 0 saturated carbocycles. The molecule has 7 heteroatoms. The Labute approximate surface area is 123 Å². The number of nitrogens with zero attached hydrogens (tertiary/aromatic N) is 1. The van der Waals surface area contributed by atoms with Crippen LogP contribution in [0.25, 0.3) is 0 Å². The Morgan fingerprint density at radius 3 is 2.71 bits per heavy atom. The molecular weight excluding hydrogens is 290 g/mol. The van der Waals surface area contributed by atoms with Crippen molar-refractivity contribution in [1.29, 1.82) is 0 Å². The van der Waals surface area contributed by atoms with Gasteiger partial charge in [0.05, 0.1) is 4.90 Å². The first-order chi connectivity index (χ1) is 10.0. The Hall–Kier alpha value is -2.25. The van der Waals surface area contributed by atoms with Crippen LogP contribution in [0.2, 0.25) is 0 Å². The standard InChI is InChI=1S/C14H15N3O3S/c1-15-14(18)12-5-2-6-13(8-12)21(19,20)17-10-11-4-3-7-16-9-11/h2-9,17H,10H2,1H3,(H,15,18). The van der Waals surface area contributed by atoms with Gasteiger partial charge in [-0.05, 0) is 29.8 Å². The molecular formula is C14H15N3O3S. The number of pyridine rings is 1. The smallest absolute Gasteiger partial charge is 0.251 e. The summed E-state index contributed by atoms with van der Waals surface area (Å²) in [5.41, 5.74) is 1.05. The van der Waals surface area contributed by atoms with Gasteiger partial charge in [-0.1, -0.05) is 12.1 Å². The van der Waals surface area contributed by atoms with E-state index in [-0.39, 0.29) is 17.3 Å². The van der Waals surface area contributed by atoms with Crippen LogP contribution in [-0.4, -0.2) is 26.4 Å². The predicted molar refractivity (Wildman–Crippen MR) is 78.1 cm³/mol. The topological polar surface area (TPSA) is 88.2 Å². The van der Waals surface area contributed by atoms with Crippen LogP contribution in [0.1, 0.15) is 15.9 Å². The summed E-state index contributed by atoms with van der Waals surface area (Å²) in [5.74, 6) is -0.334. The van der Waals surface area contributed by atoms with E-state index in [2.05, 4.69) is 15.0 Å². The van der Waals surface area contributed by atoms with Gasteiger partial charge >= 0.3 is 0 Å². The molecule has 110 valence electrons. The molecule has 2 aromatic rings. The SMILES string of the molecule is CNC(=O)c1cccc(S(=O)(=O)NCc2cccnc2)c1. The van der Waals surface area contributed by atoms with Gasteiger partial charge in [0, 0.05) is 31.5 Å². The maximum atomic E-state index is 12.2. The number of sulfonamides is 1. The van der Waals surface area contributed by atoms with Gasteiger partial charge in [-0.2, -0.15) is 0 Å². The molecule has 0 aliphatic rings. The van der Waals surface area contributed by atoms with E-state index < -0.39 is 10.0 Å².